The summed E-state index contributed by atoms with van der Waals surface area (Å²) >= 11 is 0. The SMILES string of the molecule is CCC(C)CS(=O)(=O)CC(=O)c1cc(F)ccc1F. The molecule has 1 rings (SSSR count). The highest BCUT2D eigenvalue weighted by atomic mass is 32.2. The van der Waals surface area contributed by atoms with Crippen LogP contribution in [0.3, 0.4) is 0 Å². The molecule has 6 heteroatoms. The van der Waals surface area contributed by atoms with Gasteiger partial charge in [-0.25, -0.2) is 17.2 Å². The second-order valence-corrected chi connectivity index (χ2v) is 6.72. The Kier molecular flexibility index (Phi) is 5.17. The molecule has 1 aromatic carbocycles. The zero-order valence-electron chi connectivity index (χ0n) is 10.8. The van der Waals surface area contributed by atoms with Gasteiger partial charge in [0.15, 0.2) is 15.6 Å². The Labute approximate surface area is 111 Å². The molecule has 0 saturated heterocycles. The van der Waals surface area contributed by atoms with Crippen LogP contribution in [0, 0.1) is 17.6 Å². The summed E-state index contributed by atoms with van der Waals surface area (Å²) in [5, 5.41) is 0. The molecule has 0 amide bonds. The van der Waals surface area contributed by atoms with E-state index in [4.69, 9.17) is 0 Å². The molecule has 0 aliphatic heterocycles. The van der Waals surface area contributed by atoms with Crippen molar-refractivity contribution in [3.8, 4) is 0 Å². The number of benzene rings is 1. The molecule has 1 aromatic rings. The standard InChI is InChI=1S/C13H16F2O3S/c1-3-9(2)7-19(17,18)8-13(16)11-6-10(14)4-5-12(11)15/h4-6,9H,3,7-8H2,1-2H3. The van der Waals surface area contributed by atoms with Crippen LogP contribution in [0.15, 0.2) is 18.2 Å². The van der Waals surface area contributed by atoms with Gasteiger partial charge in [0.25, 0.3) is 0 Å². The van der Waals surface area contributed by atoms with E-state index in [1.54, 1.807) is 6.92 Å². The number of ketones is 1. The van der Waals surface area contributed by atoms with Crippen LogP contribution in [0.5, 0.6) is 0 Å². The topological polar surface area (TPSA) is 51.2 Å². The fourth-order valence-electron chi connectivity index (χ4n) is 1.60. The summed E-state index contributed by atoms with van der Waals surface area (Å²) < 4.78 is 49.8. The quantitative estimate of drug-likeness (QED) is 0.757. The minimum atomic E-state index is -3.61. The van der Waals surface area contributed by atoms with Crippen LogP contribution in [-0.4, -0.2) is 25.7 Å². The van der Waals surface area contributed by atoms with E-state index in [1.807, 2.05) is 6.92 Å². The highest BCUT2D eigenvalue weighted by Gasteiger charge is 2.22. The van der Waals surface area contributed by atoms with Gasteiger partial charge in [0.2, 0.25) is 0 Å². The average Bonchev–Trinajstić information content (AvgIpc) is 2.30. The zero-order valence-corrected chi connectivity index (χ0v) is 11.6. The van der Waals surface area contributed by atoms with Crippen LogP contribution < -0.4 is 0 Å². The van der Waals surface area contributed by atoms with Crippen molar-refractivity contribution in [1.82, 2.24) is 0 Å². The van der Waals surface area contributed by atoms with E-state index in [0.29, 0.717) is 6.42 Å². The first-order chi connectivity index (χ1) is 8.75. The maximum Gasteiger partial charge on any atom is 0.180 e. The highest BCUT2D eigenvalue weighted by molar-refractivity contribution is 7.92. The van der Waals surface area contributed by atoms with Gasteiger partial charge in [-0.1, -0.05) is 20.3 Å². The normalized spacial score (nSPS) is 13.3. The first-order valence-corrected chi connectivity index (χ1v) is 7.76. The summed E-state index contributed by atoms with van der Waals surface area (Å²) in [5.41, 5.74) is -0.521. The molecule has 3 nitrogen and oxygen atoms in total. The van der Waals surface area contributed by atoms with E-state index in [-0.39, 0.29) is 11.7 Å². The lowest BCUT2D eigenvalue weighted by atomic mass is 10.1. The first kappa shape index (κ1) is 15.8. The fraction of sp³-hybridized carbons (Fsp3) is 0.462. The van der Waals surface area contributed by atoms with Crippen LogP contribution in [0.1, 0.15) is 30.6 Å². The Morgan fingerprint density at radius 2 is 1.95 bits per heavy atom. The van der Waals surface area contributed by atoms with Gasteiger partial charge in [0, 0.05) is 0 Å². The van der Waals surface area contributed by atoms with Gasteiger partial charge in [-0.2, -0.15) is 0 Å². The lowest BCUT2D eigenvalue weighted by molar-refractivity contribution is 0.101. The number of rotatable bonds is 6. The molecule has 0 aromatic heterocycles. The Morgan fingerprint density at radius 1 is 1.32 bits per heavy atom. The van der Waals surface area contributed by atoms with Crippen LogP contribution in [0.4, 0.5) is 8.78 Å². The number of carbonyl (C=O) groups excluding carboxylic acids is 1. The predicted octanol–water partition coefficient (Wildman–Crippen LogP) is 2.61. The number of Topliss-reactive ketones (excluding diaryl/α,β-unsaturated/α-hetero) is 1. The van der Waals surface area contributed by atoms with Gasteiger partial charge in [0.1, 0.15) is 17.4 Å². The van der Waals surface area contributed by atoms with Crippen LogP contribution in [0.2, 0.25) is 0 Å². The Bertz CT molecular complexity index is 567. The summed E-state index contributed by atoms with van der Waals surface area (Å²) in [4.78, 5) is 11.7. The van der Waals surface area contributed by atoms with Crippen molar-refractivity contribution in [2.24, 2.45) is 5.92 Å². The van der Waals surface area contributed by atoms with Crippen molar-refractivity contribution in [3.05, 3.63) is 35.4 Å². The summed E-state index contributed by atoms with van der Waals surface area (Å²) in [7, 11) is -3.61. The molecular formula is C13H16F2O3S. The number of carbonyl (C=O) groups is 1. The number of hydrogen-bond donors (Lipinski definition) is 0. The average molecular weight is 290 g/mol. The minimum absolute atomic E-state index is 0.0739. The van der Waals surface area contributed by atoms with Crippen molar-refractivity contribution in [3.63, 3.8) is 0 Å². The summed E-state index contributed by atoms with van der Waals surface area (Å²) in [6, 6.07) is 2.40. The zero-order chi connectivity index (χ0) is 14.6. The first-order valence-electron chi connectivity index (χ1n) is 5.94. The summed E-state index contributed by atoms with van der Waals surface area (Å²) in [6.45, 7) is 3.60. The van der Waals surface area contributed by atoms with Crippen molar-refractivity contribution < 1.29 is 22.0 Å². The van der Waals surface area contributed by atoms with Crippen molar-refractivity contribution >= 4 is 15.6 Å². The molecular weight excluding hydrogens is 274 g/mol. The maximum atomic E-state index is 13.3. The maximum absolute atomic E-state index is 13.3. The lowest BCUT2D eigenvalue weighted by Gasteiger charge is -2.09. The molecule has 0 N–H and O–H groups in total. The van der Waals surface area contributed by atoms with Crippen molar-refractivity contribution in [1.29, 1.82) is 0 Å². The molecule has 1 atom stereocenters. The third kappa shape index (κ3) is 4.70. The molecule has 0 saturated carbocycles. The molecule has 106 valence electrons. The van der Waals surface area contributed by atoms with E-state index >= 15 is 0 Å². The van der Waals surface area contributed by atoms with Gasteiger partial charge in [-0.05, 0) is 24.1 Å². The molecule has 0 aliphatic rings. The smallest absolute Gasteiger partial charge is 0.180 e. The Balaban J connectivity index is 2.88. The van der Waals surface area contributed by atoms with Gasteiger partial charge < -0.3 is 0 Å². The summed E-state index contributed by atoms with van der Waals surface area (Å²) in [6.07, 6.45) is 0.668. The number of hydrogen-bond acceptors (Lipinski definition) is 3. The largest absolute Gasteiger partial charge is 0.293 e. The van der Waals surface area contributed by atoms with E-state index in [1.165, 1.54) is 0 Å². The monoisotopic (exact) mass is 290 g/mol. The van der Waals surface area contributed by atoms with E-state index < -0.39 is 38.6 Å². The van der Waals surface area contributed by atoms with E-state index in [0.717, 1.165) is 18.2 Å². The number of halogens is 2. The Morgan fingerprint density at radius 3 is 2.53 bits per heavy atom. The molecule has 0 fully saturated rings. The van der Waals surface area contributed by atoms with Gasteiger partial charge in [-0.15, -0.1) is 0 Å². The third-order valence-corrected chi connectivity index (χ3v) is 4.59. The molecule has 0 radical (unpaired) electrons. The highest BCUT2D eigenvalue weighted by Crippen LogP contribution is 2.13. The summed E-state index contributed by atoms with van der Waals surface area (Å²) in [5.74, 6) is -3.60. The molecule has 0 heterocycles. The Hall–Kier alpha value is -1.30. The molecule has 0 spiro atoms. The second-order valence-electron chi connectivity index (χ2n) is 4.62. The number of sulfone groups is 1. The van der Waals surface area contributed by atoms with Gasteiger partial charge in [0.05, 0.1) is 11.3 Å². The van der Waals surface area contributed by atoms with E-state index in [9.17, 15) is 22.0 Å². The minimum Gasteiger partial charge on any atom is -0.293 e. The molecule has 0 bridgehead atoms. The fourth-order valence-corrected chi connectivity index (χ4v) is 3.37. The van der Waals surface area contributed by atoms with Crippen LogP contribution in [-0.2, 0) is 9.84 Å². The van der Waals surface area contributed by atoms with Crippen molar-refractivity contribution in [2.45, 2.75) is 20.3 Å². The predicted molar refractivity (Wildman–Crippen MR) is 68.8 cm³/mol. The van der Waals surface area contributed by atoms with Crippen LogP contribution >= 0.6 is 0 Å². The van der Waals surface area contributed by atoms with Crippen molar-refractivity contribution in [2.75, 3.05) is 11.5 Å². The van der Waals surface area contributed by atoms with Crippen LogP contribution in [0.25, 0.3) is 0 Å². The van der Waals surface area contributed by atoms with Gasteiger partial charge in [-0.3, -0.25) is 4.79 Å². The lowest BCUT2D eigenvalue weighted by Crippen LogP contribution is -2.23. The molecule has 0 aliphatic carbocycles. The molecule has 19 heavy (non-hydrogen) atoms. The third-order valence-electron chi connectivity index (χ3n) is 2.82. The van der Waals surface area contributed by atoms with E-state index in [2.05, 4.69) is 0 Å². The second kappa shape index (κ2) is 6.23. The molecule has 1 unspecified atom stereocenters. The van der Waals surface area contributed by atoms with Gasteiger partial charge >= 0.3 is 0 Å².